The van der Waals surface area contributed by atoms with E-state index in [2.05, 4.69) is 4.98 Å². The predicted octanol–water partition coefficient (Wildman–Crippen LogP) is 3.72. The molecule has 3 rings (SSSR count). The number of aromatic nitrogens is 2. The van der Waals surface area contributed by atoms with Gasteiger partial charge in [0.25, 0.3) is 0 Å². The highest BCUT2D eigenvalue weighted by atomic mass is 32.1. The van der Waals surface area contributed by atoms with Gasteiger partial charge in [0, 0.05) is 5.56 Å². The zero-order valence-electron chi connectivity index (χ0n) is 10.5. The molecule has 5 heteroatoms. The third-order valence-electron chi connectivity index (χ3n) is 3.15. The molecule has 0 amide bonds. The highest BCUT2D eigenvalue weighted by molar-refractivity contribution is 7.71. The minimum Gasteiger partial charge on any atom is -0.331 e. The predicted molar refractivity (Wildman–Crippen MR) is 77.9 cm³/mol. The van der Waals surface area contributed by atoms with E-state index in [1.165, 1.54) is 24.3 Å². The normalized spacial score (nSPS) is 10.8. The van der Waals surface area contributed by atoms with E-state index in [-0.39, 0.29) is 18.1 Å². The molecule has 1 heterocycles. The summed E-state index contributed by atoms with van der Waals surface area (Å²) in [6.45, 7) is 0.133. The SMILES string of the molecule is O=C(Cn1c(=S)[nH]c2ccccc21)c1ccc(F)cc1. The van der Waals surface area contributed by atoms with E-state index in [0.29, 0.717) is 10.3 Å². The topological polar surface area (TPSA) is 37.8 Å². The molecule has 0 spiro atoms. The van der Waals surface area contributed by atoms with Crippen molar-refractivity contribution in [3.8, 4) is 0 Å². The third kappa shape index (κ3) is 2.28. The lowest BCUT2D eigenvalue weighted by Crippen LogP contribution is -2.10. The number of H-pyrrole nitrogens is 1. The molecule has 0 bridgehead atoms. The number of fused-ring (bicyclic) bond motifs is 1. The maximum absolute atomic E-state index is 12.9. The smallest absolute Gasteiger partial charge is 0.182 e. The Morgan fingerprint density at radius 1 is 1.15 bits per heavy atom. The molecule has 3 nitrogen and oxygen atoms in total. The highest BCUT2D eigenvalue weighted by Crippen LogP contribution is 2.14. The maximum atomic E-state index is 12.9. The molecule has 0 atom stereocenters. The Bertz CT molecular complexity index is 833. The van der Waals surface area contributed by atoms with Crippen molar-refractivity contribution in [1.29, 1.82) is 0 Å². The summed E-state index contributed by atoms with van der Waals surface area (Å²) >= 11 is 5.24. The van der Waals surface area contributed by atoms with Crippen LogP contribution < -0.4 is 0 Å². The summed E-state index contributed by atoms with van der Waals surface area (Å²) in [5.41, 5.74) is 2.25. The van der Waals surface area contributed by atoms with Gasteiger partial charge < -0.3 is 9.55 Å². The van der Waals surface area contributed by atoms with Crippen molar-refractivity contribution in [1.82, 2.24) is 9.55 Å². The molecule has 0 aliphatic rings. The van der Waals surface area contributed by atoms with Gasteiger partial charge in [0.05, 0.1) is 17.6 Å². The number of hydrogen-bond donors (Lipinski definition) is 1. The van der Waals surface area contributed by atoms with Gasteiger partial charge in [-0.25, -0.2) is 4.39 Å². The van der Waals surface area contributed by atoms with Crippen LogP contribution in [-0.2, 0) is 6.54 Å². The number of Topliss-reactive ketones (excluding diaryl/α,β-unsaturated/α-hetero) is 1. The molecule has 0 saturated heterocycles. The molecule has 3 aromatic rings. The molecule has 0 fully saturated rings. The molecule has 1 N–H and O–H groups in total. The first kappa shape index (κ1) is 12.7. The molecule has 1 aromatic heterocycles. The average Bonchev–Trinajstić information content (AvgIpc) is 2.76. The molecular weight excluding hydrogens is 275 g/mol. The third-order valence-corrected chi connectivity index (χ3v) is 3.47. The number of carbonyl (C=O) groups is 1. The Morgan fingerprint density at radius 3 is 2.60 bits per heavy atom. The van der Waals surface area contributed by atoms with Gasteiger partial charge in [0.1, 0.15) is 5.82 Å². The monoisotopic (exact) mass is 286 g/mol. The van der Waals surface area contributed by atoms with Crippen molar-refractivity contribution in [3.63, 3.8) is 0 Å². The quantitative estimate of drug-likeness (QED) is 0.588. The molecule has 0 saturated carbocycles. The number of para-hydroxylation sites is 2. The van der Waals surface area contributed by atoms with Gasteiger partial charge in [-0.05, 0) is 48.6 Å². The van der Waals surface area contributed by atoms with Gasteiger partial charge in [-0.2, -0.15) is 0 Å². The van der Waals surface area contributed by atoms with E-state index in [1.807, 2.05) is 24.3 Å². The Balaban J connectivity index is 1.97. The van der Waals surface area contributed by atoms with Crippen LogP contribution in [0.15, 0.2) is 48.5 Å². The minimum atomic E-state index is -0.356. The van der Waals surface area contributed by atoms with Crippen LogP contribution in [0.25, 0.3) is 11.0 Å². The Kier molecular flexibility index (Phi) is 3.20. The van der Waals surface area contributed by atoms with Crippen LogP contribution in [0, 0.1) is 10.6 Å². The molecule has 20 heavy (non-hydrogen) atoms. The van der Waals surface area contributed by atoms with Crippen molar-refractivity contribution in [2.45, 2.75) is 6.54 Å². The first-order valence-corrected chi connectivity index (χ1v) is 6.52. The Labute approximate surface area is 119 Å². The summed E-state index contributed by atoms with van der Waals surface area (Å²) in [6.07, 6.45) is 0. The lowest BCUT2D eigenvalue weighted by atomic mass is 10.1. The average molecular weight is 286 g/mol. The molecule has 0 aliphatic carbocycles. The molecule has 2 aromatic carbocycles. The summed E-state index contributed by atoms with van der Waals surface area (Å²) in [5, 5.41) is 0. The Hall–Kier alpha value is -2.27. The summed E-state index contributed by atoms with van der Waals surface area (Å²) in [7, 11) is 0. The van der Waals surface area contributed by atoms with Gasteiger partial charge >= 0.3 is 0 Å². The summed E-state index contributed by atoms with van der Waals surface area (Å²) < 4.78 is 15.1. The number of ketones is 1. The number of nitrogens with zero attached hydrogens (tertiary/aromatic N) is 1. The number of nitrogens with one attached hydrogen (secondary N) is 1. The summed E-state index contributed by atoms with van der Waals surface area (Å²) in [6, 6.07) is 13.1. The van der Waals surface area contributed by atoms with E-state index in [1.54, 1.807) is 4.57 Å². The second-order valence-corrected chi connectivity index (χ2v) is 4.85. The maximum Gasteiger partial charge on any atom is 0.182 e. The van der Waals surface area contributed by atoms with E-state index in [0.717, 1.165) is 11.0 Å². The second-order valence-electron chi connectivity index (χ2n) is 4.46. The van der Waals surface area contributed by atoms with Crippen LogP contribution in [0.4, 0.5) is 4.39 Å². The van der Waals surface area contributed by atoms with Crippen molar-refractivity contribution >= 4 is 29.0 Å². The number of rotatable bonds is 3. The van der Waals surface area contributed by atoms with Gasteiger partial charge in [-0.15, -0.1) is 0 Å². The highest BCUT2D eigenvalue weighted by Gasteiger charge is 2.10. The van der Waals surface area contributed by atoms with Gasteiger partial charge in [0.15, 0.2) is 10.6 Å². The zero-order chi connectivity index (χ0) is 14.1. The minimum absolute atomic E-state index is 0.106. The Morgan fingerprint density at radius 2 is 1.85 bits per heavy atom. The number of hydrogen-bond acceptors (Lipinski definition) is 2. The fourth-order valence-electron chi connectivity index (χ4n) is 2.13. The zero-order valence-corrected chi connectivity index (χ0v) is 11.3. The van der Waals surface area contributed by atoms with Crippen LogP contribution in [0.3, 0.4) is 0 Å². The van der Waals surface area contributed by atoms with Crippen LogP contribution in [0.1, 0.15) is 10.4 Å². The van der Waals surface area contributed by atoms with E-state index >= 15 is 0 Å². The molecule has 0 unspecified atom stereocenters. The van der Waals surface area contributed by atoms with E-state index in [4.69, 9.17) is 12.2 Å². The lowest BCUT2D eigenvalue weighted by molar-refractivity contribution is 0.0973. The van der Waals surface area contributed by atoms with Crippen molar-refractivity contribution < 1.29 is 9.18 Å². The van der Waals surface area contributed by atoms with Gasteiger partial charge in [-0.3, -0.25) is 4.79 Å². The number of benzene rings is 2. The molecular formula is C15H11FN2OS. The van der Waals surface area contributed by atoms with E-state index in [9.17, 15) is 9.18 Å². The van der Waals surface area contributed by atoms with Crippen molar-refractivity contribution in [2.75, 3.05) is 0 Å². The fraction of sp³-hybridized carbons (Fsp3) is 0.0667. The summed E-state index contributed by atoms with van der Waals surface area (Å²) in [5.74, 6) is -0.462. The molecule has 100 valence electrons. The van der Waals surface area contributed by atoms with Crippen LogP contribution >= 0.6 is 12.2 Å². The molecule has 0 aliphatic heterocycles. The first-order chi connectivity index (χ1) is 9.65. The van der Waals surface area contributed by atoms with Gasteiger partial charge in [0.2, 0.25) is 0 Å². The standard InChI is InChI=1S/C15H11FN2OS/c16-11-7-5-10(6-8-11)14(19)9-18-13-4-2-1-3-12(13)17-15(18)20/h1-8H,9H2,(H,17,20). The number of imidazole rings is 1. The van der Waals surface area contributed by atoms with E-state index < -0.39 is 0 Å². The molecule has 0 radical (unpaired) electrons. The van der Waals surface area contributed by atoms with Gasteiger partial charge in [-0.1, -0.05) is 12.1 Å². The summed E-state index contributed by atoms with van der Waals surface area (Å²) in [4.78, 5) is 15.3. The van der Waals surface area contributed by atoms with Crippen LogP contribution in [0.5, 0.6) is 0 Å². The number of carbonyl (C=O) groups excluding carboxylic acids is 1. The number of halogens is 1. The first-order valence-electron chi connectivity index (χ1n) is 6.11. The van der Waals surface area contributed by atoms with Crippen LogP contribution in [-0.4, -0.2) is 15.3 Å². The second kappa shape index (κ2) is 5.02. The largest absolute Gasteiger partial charge is 0.331 e. The lowest BCUT2D eigenvalue weighted by Gasteiger charge is -2.04. The van der Waals surface area contributed by atoms with Crippen molar-refractivity contribution in [2.24, 2.45) is 0 Å². The number of aromatic amines is 1. The van der Waals surface area contributed by atoms with Crippen molar-refractivity contribution in [3.05, 3.63) is 64.7 Å². The fourth-order valence-corrected chi connectivity index (χ4v) is 2.41. The van der Waals surface area contributed by atoms with Crippen LogP contribution in [0.2, 0.25) is 0 Å².